The zero-order valence-corrected chi connectivity index (χ0v) is 11.2. The Labute approximate surface area is 105 Å². The number of hydrogen-bond acceptors (Lipinski definition) is 4. The zero-order chi connectivity index (χ0) is 12.7. The summed E-state index contributed by atoms with van der Waals surface area (Å²) < 4.78 is 0. The maximum absolute atomic E-state index is 9.91. The van der Waals surface area contributed by atoms with Crippen LogP contribution >= 0.6 is 0 Å². The Kier molecular flexibility index (Phi) is 7.04. The Morgan fingerprint density at radius 1 is 1.24 bits per heavy atom. The van der Waals surface area contributed by atoms with Crippen LogP contribution in [0.5, 0.6) is 0 Å². The molecule has 0 amide bonds. The summed E-state index contributed by atoms with van der Waals surface area (Å²) in [6.07, 6.45) is 3.65. The smallest absolute Gasteiger partial charge is 0.0791 e. The lowest BCUT2D eigenvalue weighted by Gasteiger charge is -2.30. The van der Waals surface area contributed by atoms with E-state index in [9.17, 15) is 10.2 Å². The maximum Gasteiger partial charge on any atom is 0.0791 e. The molecule has 17 heavy (non-hydrogen) atoms. The first kappa shape index (κ1) is 14.9. The van der Waals surface area contributed by atoms with Gasteiger partial charge < -0.3 is 20.4 Å². The van der Waals surface area contributed by atoms with Gasteiger partial charge in [-0.3, -0.25) is 0 Å². The summed E-state index contributed by atoms with van der Waals surface area (Å²) in [6.45, 7) is 7.45. The fourth-order valence-corrected chi connectivity index (χ4v) is 2.48. The summed E-state index contributed by atoms with van der Waals surface area (Å²) in [7, 11) is 0. The lowest BCUT2D eigenvalue weighted by Crippen LogP contribution is -2.47. The largest absolute Gasteiger partial charge is 0.392 e. The van der Waals surface area contributed by atoms with Crippen LogP contribution in [0.3, 0.4) is 0 Å². The van der Waals surface area contributed by atoms with E-state index in [0.717, 1.165) is 32.4 Å². The van der Waals surface area contributed by atoms with Gasteiger partial charge in [0, 0.05) is 19.1 Å². The van der Waals surface area contributed by atoms with E-state index in [4.69, 9.17) is 0 Å². The summed E-state index contributed by atoms with van der Waals surface area (Å²) in [5.41, 5.74) is 0. The lowest BCUT2D eigenvalue weighted by atomic mass is 9.92. The van der Waals surface area contributed by atoms with Crippen LogP contribution in [-0.2, 0) is 0 Å². The van der Waals surface area contributed by atoms with Gasteiger partial charge in [0.1, 0.15) is 0 Å². The van der Waals surface area contributed by atoms with Crippen LogP contribution in [0.4, 0.5) is 0 Å². The molecule has 0 aromatic heterocycles. The first-order chi connectivity index (χ1) is 8.17. The highest BCUT2D eigenvalue weighted by Crippen LogP contribution is 2.18. The van der Waals surface area contributed by atoms with Gasteiger partial charge in [0.15, 0.2) is 0 Å². The number of rotatable bonds is 7. The van der Waals surface area contributed by atoms with Crippen molar-refractivity contribution in [3.8, 4) is 0 Å². The molecule has 1 aliphatic carbocycles. The van der Waals surface area contributed by atoms with Crippen molar-refractivity contribution in [2.75, 3.05) is 26.2 Å². The van der Waals surface area contributed by atoms with Crippen LogP contribution in [0.1, 0.15) is 39.5 Å². The molecule has 0 radical (unpaired) electrons. The van der Waals surface area contributed by atoms with Gasteiger partial charge >= 0.3 is 0 Å². The second-order valence-corrected chi connectivity index (χ2v) is 5.01. The van der Waals surface area contributed by atoms with Gasteiger partial charge in [-0.1, -0.05) is 26.7 Å². The highest BCUT2D eigenvalue weighted by atomic mass is 16.3. The van der Waals surface area contributed by atoms with Crippen molar-refractivity contribution in [1.82, 2.24) is 10.2 Å². The van der Waals surface area contributed by atoms with E-state index in [1.165, 1.54) is 6.42 Å². The average molecular weight is 244 g/mol. The van der Waals surface area contributed by atoms with E-state index >= 15 is 0 Å². The third-order valence-corrected chi connectivity index (χ3v) is 3.71. The molecule has 4 nitrogen and oxygen atoms in total. The van der Waals surface area contributed by atoms with Crippen molar-refractivity contribution >= 4 is 0 Å². The second kappa shape index (κ2) is 8.03. The fraction of sp³-hybridized carbons (Fsp3) is 1.00. The maximum atomic E-state index is 9.91. The molecule has 0 saturated heterocycles. The Morgan fingerprint density at radius 2 is 1.88 bits per heavy atom. The molecule has 0 aliphatic heterocycles. The number of nitrogens with one attached hydrogen (secondary N) is 1. The minimum atomic E-state index is -0.343. The van der Waals surface area contributed by atoms with Crippen molar-refractivity contribution in [3.63, 3.8) is 0 Å². The van der Waals surface area contributed by atoms with Crippen molar-refractivity contribution in [1.29, 1.82) is 0 Å². The minimum Gasteiger partial charge on any atom is -0.392 e. The van der Waals surface area contributed by atoms with E-state index in [1.54, 1.807) is 0 Å². The molecule has 3 N–H and O–H groups in total. The van der Waals surface area contributed by atoms with Crippen LogP contribution in [0.2, 0.25) is 0 Å². The van der Waals surface area contributed by atoms with E-state index in [-0.39, 0.29) is 18.2 Å². The molecule has 102 valence electrons. The first-order valence-corrected chi connectivity index (χ1v) is 6.99. The molecule has 1 rings (SSSR count). The number of aliphatic hydroxyl groups excluding tert-OH is 2. The topological polar surface area (TPSA) is 55.7 Å². The van der Waals surface area contributed by atoms with Crippen molar-refractivity contribution in [2.24, 2.45) is 0 Å². The summed E-state index contributed by atoms with van der Waals surface area (Å²) in [5.74, 6) is 0. The van der Waals surface area contributed by atoms with Crippen molar-refractivity contribution in [2.45, 2.75) is 57.8 Å². The molecule has 3 unspecified atom stereocenters. The molecule has 1 aliphatic rings. The molecule has 1 fully saturated rings. The molecular formula is C13H28N2O2. The highest BCUT2D eigenvalue weighted by molar-refractivity contribution is 4.81. The Bertz CT molecular complexity index is 198. The predicted molar refractivity (Wildman–Crippen MR) is 70.1 cm³/mol. The van der Waals surface area contributed by atoms with E-state index in [2.05, 4.69) is 24.1 Å². The fourth-order valence-electron chi connectivity index (χ4n) is 2.48. The normalized spacial score (nSPS) is 27.4. The monoisotopic (exact) mass is 244 g/mol. The summed E-state index contributed by atoms with van der Waals surface area (Å²) in [4.78, 5) is 2.21. The highest BCUT2D eigenvalue weighted by Gasteiger charge is 2.23. The van der Waals surface area contributed by atoms with Gasteiger partial charge in [0.2, 0.25) is 0 Å². The second-order valence-electron chi connectivity index (χ2n) is 5.01. The van der Waals surface area contributed by atoms with Gasteiger partial charge in [0.25, 0.3) is 0 Å². The van der Waals surface area contributed by atoms with Crippen LogP contribution in [-0.4, -0.2) is 59.5 Å². The van der Waals surface area contributed by atoms with Crippen molar-refractivity contribution in [3.05, 3.63) is 0 Å². The number of hydrogen-bond donors (Lipinski definition) is 3. The van der Waals surface area contributed by atoms with Gasteiger partial charge in [-0.2, -0.15) is 0 Å². The van der Waals surface area contributed by atoms with Crippen LogP contribution in [0.15, 0.2) is 0 Å². The van der Waals surface area contributed by atoms with Gasteiger partial charge in [0.05, 0.1) is 12.2 Å². The van der Waals surface area contributed by atoms with Gasteiger partial charge in [-0.25, -0.2) is 0 Å². The molecular weight excluding hydrogens is 216 g/mol. The third-order valence-electron chi connectivity index (χ3n) is 3.71. The predicted octanol–water partition coefficient (Wildman–Crippen LogP) is 0.582. The number of nitrogens with zero attached hydrogens (tertiary/aromatic N) is 1. The third kappa shape index (κ3) is 5.34. The molecule has 0 heterocycles. The van der Waals surface area contributed by atoms with Gasteiger partial charge in [-0.15, -0.1) is 0 Å². The molecule has 0 bridgehead atoms. The summed E-state index contributed by atoms with van der Waals surface area (Å²) >= 11 is 0. The van der Waals surface area contributed by atoms with Crippen LogP contribution < -0.4 is 5.32 Å². The van der Waals surface area contributed by atoms with Crippen molar-refractivity contribution < 1.29 is 10.2 Å². The standard InChI is InChI=1S/C13H28N2O2/c1-3-15(4-2)10-11(16)9-14-12-7-5-6-8-13(12)17/h11-14,16-17H,3-10H2,1-2H3. The Balaban J connectivity index is 2.20. The van der Waals surface area contributed by atoms with Gasteiger partial charge in [-0.05, 0) is 25.9 Å². The average Bonchev–Trinajstić information content (AvgIpc) is 2.35. The van der Waals surface area contributed by atoms with Crippen LogP contribution in [0.25, 0.3) is 0 Å². The quantitative estimate of drug-likeness (QED) is 0.613. The molecule has 4 heteroatoms. The van der Waals surface area contributed by atoms with E-state index in [0.29, 0.717) is 13.1 Å². The summed E-state index contributed by atoms with van der Waals surface area (Å²) in [5, 5.41) is 23.0. The molecule has 0 spiro atoms. The molecule has 1 saturated carbocycles. The minimum absolute atomic E-state index is 0.176. The number of aliphatic hydroxyl groups is 2. The lowest BCUT2D eigenvalue weighted by molar-refractivity contribution is 0.0711. The SMILES string of the molecule is CCN(CC)CC(O)CNC1CCCCC1O. The summed E-state index contributed by atoms with van der Waals surface area (Å²) in [6, 6.07) is 0.176. The first-order valence-electron chi connectivity index (χ1n) is 6.99. The van der Waals surface area contributed by atoms with E-state index in [1.807, 2.05) is 0 Å². The Morgan fingerprint density at radius 3 is 2.47 bits per heavy atom. The molecule has 3 atom stereocenters. The molecule has 0 aromatic rings. The van der Waals surface area contributed by atoms with Crippen LogP contribution in [0, 0.1) is 0 Å². The van der Waals surface area contributed by atoms with E-state index < -0.39 is 0 Å². The number of likely N-dealkylation sites (N-methyl/N-ethyl adjacent to an activating group) is 1. The Hall–Kier alpha value is -0.160. The zero-order valence-electron chi connectivity index (χ0n) is 11.2. The molecule has 0 aromatic carbocycles.